The highest BCUT2D eigenvalue weighted by atomic mass is 32.2. The number of aliphatic carboxylic acids is 1. The van der Waals surface area contributed by atoms with Crippen LogP contribution in [0.25, 0.3) is 16.3 Å². The quantitative estimate of drug-likeness (QED) is 0.278. The van der Waals surface area contributed by atoms with Crippen molar-refractivity contribution < 1.29 is 14.3 Å². The van der Waals surface area contributed by atoms with Crippen LogP contribution in [0.3, 0.4) is 0 Å². The Balaban J connectivity index is 1.49. The second-order valence-corrected chi connectivity index (χ2v) is 9.23. The van der Waals surface area contributed by atoms with E-state index in [1.165, 1.54) is 17.8 Å². The molecule has 0 bridgehead atoms. The van der Waals surface area contributed by atoms with Gasteiger partial charge in [-0.1, -0.05) is 19.1 Å². The molecule has 0 saturated heterocycles. The molecule has 0 aliphatic rings. The number of carbonyl (C=O) groups is 1. The van der Waals surface area contributed by atoms with Crippen LogP contribution in [0.2, 0.25) is 0 Å². The largest absolute Gasteiger partial charge is 0.477 e. The SMILES string of the molecule is CCCc1nc(S/C(=C\c2ccc(Sc3nc4ccccc4s3)o2)C(=O)O)n[nH]1. The molecule has 148 valence electrons. The minimum Gasteiger partial charge on any atom is -0.477 e. The zero-order chi connectivity index (χ0) is 20.2. The molecule has 10 heteroatoms. The number of nitrogens with zero attached hydrogens (tertiary/aromatic N) is 3. The first-order valence-corrected chi connectivity index (χ1v) is 11.2. The summed E-state index contributed by atoms with van der Waals surface area (Å²) in [6.07, 6.45) is 3.18. The molecule has 0 spiro atoms. The number of thiazole rings is 1. The number of fused-ring (bicyclic) bond motifs is 1. The third-order valence-electron chi connectivity index (χ3n) is 3.75. The first kappa shape index (κ1) is 19.7. The fourth-order valence-corrected chi connectivity index (χ4v) is 5.16. The van der Waals surface area contributed by atoms with Gasteiger partial charge in [-0.15, -0.1) is 16.4 Å². The number of H-pyrrole nitrogens is 1. The first-order chi connectivity index (χ1) is 14.1. The van der Waals surface area contributed by atoms with E-state index < -0.39 is 5.97 Å². The van der Waals surface area contributed by atoms with E-state index in [1.807, 2.05) is 31.2 Å². The molecule has 0 atom stereocenters. The normalized spacial score (nSPS) is 12.0. The monoisotopic (exact) mass is 444 g/mol. The summed E-state index contributed by atoms with van der Waals surface area (Å²) in [6, 6.07) is 11.5. The maximum absolute atomic E-state index is 11.6. The predicted molar refractivity (Wildman–Crippen MR) is 114 cm³/mol. The van der Waals surface area contributed by atoms with E-state index in [2.05, 4.69) is 20.2 Å². The highest BCUT2D eigenvalue weighted by Gasteiger charge is 2.15. The number of aromatic amines is 1. The van der Waals surface area contributed by atoms with Gasteiger partial charge in [-0.2, -0.15) is 0 Å². The van der Waals surface area contributed by atoms with E-state index in [4.69, 9.17) is 4.42 Å². The molecule has 7 nitrogen and oxygen atoms in total. The molecule has 2 N–H and O–H groups in total. The first-order valence-electron chi connectivity index (χ1n) is 8.78. The molecule has 4 rings (SSSR count). The Labute approximate surface area is 178 Å². The highest BCUT2D eigenvalue weighted by molar-refractivity contribution is 8.04. The van der Waals surface area contributed by atoms with E-state index >= 15 is 0 Å². The average Bonchev–Trinajstić information content (AvgIpc) is 3.41. The molecule has 0 fully saturated rings. The van der Waals surface area contributed by atoms with Gasteiger partial charge in [0, 0.05) is 12.5 Å². The third-order valence-corrected chi connectivity index (χ3v) is 6.64. The molecule has 4 aromatic rings. The van der Waals surface area contributed by atoms with Gasteiger partial charge >= 0.3 is 5.97 Å². The number of thioether (sulfide) groups is 1. The van der Waals surface area contributed by atoms with E-state index in [0.29, 0.717) is 16.0 Å². The van der Waals surface area contributed by atoms with Crippen LogP contribution in [0.15, 0.2) is 60.3 Å². The van der Waals surface area contributed by atoms with Gasteiger partial charge in [-0.05, 0) is 54.2 Å². The minimum atomic E-state index is -1.06. The van der Waals surface area contributed by atoms with Crippen molar-refractivity contribution in [3.05, 3.63) is 52.9 Å². The lowest BCUT2D eigenvalue weighted by molar-refractivity contribution is -0.131. The van der Waals surface area contributed by atoms with Crippen LogP contribution < -0.4 is 0 Å². The third kappa shape index (κ3) is 4.89. The fraction of sp³-hybridized carbons (Fsp3) is 0.158. The van der Waals surface area contributed by atoms with Crippen molar-refractivity contribution >= 4 is 57.1 Å². The van der Waals surface area contributed by atoms with Gasteiger partial charge in [0.15, 0.2) is 9.43 Å². The molecule has 1 aromatic carbocycles. The standard InChI is InChI=1S/C19H16N4O3S3/c1-2-5-15-21-18(23-22-15)27-14(17(24)25)10-11-8-9-16(26-11)29-19-20-12-6-3-4-7-13(12)28-19/h3-4,6-10H,2,5H2,1H3,(H,24,25)(H,21,22,23)/b14-10-. The molecule has 0 saturated carbocycles. The molecule has 0 aliphatic carbocycles. The summed E-state index contributed by atoms with van der Waals surface area (Å²) in [5.41, 5.74) is 0.949. The predicted octanol–water partition coefficient (Wildman–Crippen LogP) is 5.33. The summed E-state index contributed by atoms with van der Waals surface area (Å²) >= 11 is 3.98. The smallest absolute Gasteiger partial charge is 0.342 e. The number of nitrogens with one attached hydrogen (secondary N) is 1. The van der Waals surface area contributed by atoms with Gasteiger partial charge in [0.25, 0.3) is 0 Å². The van der Waals surface area contributed by atoms with Crippen molar-refractivity contribution in [1.82, 2.24) is 20.2 Å². The summed E-state index contributed by atoms with van der Waals surface area (Å²) in [5.74, 6) is 0.128. The van der Waals surface area contributed by atoms with Crippen molar-refractivity contribution in [2.75, 3.05) is 0 Å². The van der Waals surface area contributed by atoms with Crippen LogP contribution >= 0.6 is 34.9 Å². The van der Waals surface area contributed by atoms with E-state index in [9.17, 15) is 9.90 Å². The lowest BCUT2D eigenvalue weighted by Crippen LogP contribution is -1.97. The lowest BCUT2D eigenvalue weighted by atomic mass is 10.3. The van der Waals surface area contributed by atoms with E-state index in [-0.39, 0.29) is 4.91 Å². The van der Waals surface area contributed by atoms with Gasteiger partial charge in [0.1, 0.15) is 16.5 Å². The lowest BCUT2D eigenvalue weighted by Gasteiger charge is -1.97. The second-order valence-electron chi connectivity index (χ2n) is 5.94. The number of hydrogen-bond donors (Lipinski definition) is 2. The Morgan fingerprint density at radius 3 is 2.93 bits per heavy atom. The van der Waals surface area contributed by atoms with E-state index in [1.54, 1.807) is 23.5 Å². The Bertz CT molecular complexity index is 1150. The second kappa shape index (κ2) is 8.85. The summed E-state index contributed by atoms with van der Waals surface area (Å²) in [6.45, 7) is 2.04. The number of carboxylic acids is 1. The van der Waals surface area contributed by atoms with Crippen LogP contribution in [-0.4, -0.2) is 31.2 Å². The number of rotatable bonds is 8. The maximum atomic E-state index is 11.6. The molecule has 3 aromatic heterocycles. The van der Waals surface area contributed by atoms with Gasteiger partial charge in [0.05, 0.1) is 10.2 Å². The number of para-hydroxylation sites is 1. The summed E-state index contributed by atoms with van der Waals surface area (Å²) < 4.78 is 7.75. The Morgan fingerprint density at radius 2 is 2.14 bits per heavy atom. The molecule has 0 amide bonds. The molecule has 29 heavy (non-hydrogen) atoms. The molecule has 0 unspecified atom stereocenters. The van der Waals surface area contributed by atoms with Crippen LogP contribution in [0, 0.1) is 0 Å². The zero-order valence-corrected chi connectivity index (χ0v) is 17.7. The van der Waals surface area contributed by atoms with Crippen LogP contribution in [-0.2, 0) is 11.2 Å². The summed E-state index contributed by atoms with van der Waals surface area (Å²) in [4.78, 5) is 20.6. The van der Waals surface area contributed by atoms with Crippen molar-refractivity contribution in [3.8, 4) is 0 Å². The molecular weight excluding hydrogens is 428 g/mol. The Kier molecular flexibility index (Phi) is 6.02. The van der Waals surface area contributed by atoms with Crippen molar-refractivity contribution in [1.29, 1.82) is 0 Å². The Hall–Kier alpha value is -2.56. The van der Waals surface area contributed by atoms with Crippen LogP contribution in [0.5, 0.6) is 0 Å². The van der Waals surface area contributed by atoms with Crippen LogP contribution in [0.1, 0.15) is 24.9 Å². The number of aryl methyl sites for hydroxylation is 1. The molecular formula is C19H16N4O3S3. The number of carboxylic acid groups (broad SMARTS) is 1. The average molecular weight is 445 g/mol. The number of hydrogen-bond acceptors (Lipinski definition) is 8. The van der Waals surface area contributed by atoms with Crippen molar-refractivity contribution in [2.24, 2.45) is 0 Å². The fourth-order valence-electron chi connectivity index (χ4n) is 2.48. The summed E-state index contributed by atoms with van der Waals surface area (Å²) in [5, 5.41) is 17.4. The summed E-state index contributed by atoms with van der Waals surface area (Å²) in [7, 11) is 0. The number of aromatic nitrogens is 4. The van der Waals surface area contributed by atoms with Gasteiger partial charge in [0.2, 0.25) is 5.16 Å². The molecule has 3 heterocycles. The molecule has 0 radical (unpaired) electrons. The van der Waals surface area contributed by atoms with Gasteiger partial charge in [-0.3, -0.25) is 5.10 Å². The minimum absolute atomic E-state index is 0.0814. The zero-order valence-electron chi connectivity index (χ0n) is 15.3. The number of furan rings is 1. The molecule has 0 aliphatic heterocycles. The van der Waals surface area contributed by atoms with Crippen LogP contribution in [0.4, 0.5) is 0 Å². The van der Waals surface area contributed by atoms with E-state index in [0.717, 1.165) is 45.0 Å². The highest BCUT2D eigenvalue weighted by Crippen LogP contribution is 2.36. The maximum Gasteiger partial charge on any atom is 0.342 e. The topological polar surface area (TPSA) is 105 Å². The van der Waals surface area contributed by atoms with Crippen molar-refractivity contribution in [3.63, 3.8) is 0 Å². The number of benzene rings is 1. The Morgan fingerprint density at radius 1 is 1.28 bits per heavy atom. The van der Waals surface area contributed by atoms with Gasteiger partial charge in [-0.25, -0.2) is 14.8 Å². The van der Waals surface area contributed by atoms with Gasteiger partial charge < -0.3 is 9.52 Å². The van der Waals surface area contributed by atoms with Crippen molar-refractivity contribution in [2.45, 2.75) is 34.4 Å².